The van der Waals surface area contributed by atoms with Crippen molar-refractivity contribution in [1.82, 2.24) is 5.32 Å². The molecule has 0 aliphatic carbocycles. The van der Waals surface area contributed by atoms with Gasteiger partial charge in [-0.1, -0.05) is 41.0 Å². The Morgan fingerprint density at radius 2 is 2.29 bits per heavy atom. The molecule has 1 aromatic rings. The van der Waals surface area contributed by atoms with E-state index in [2.05, 4.69) is 34.7 Å². The molecular weight excluding hydrogens is 302 g/mol. The summed E-state index contributed by atoms with van der Waals surface area (Å²) in [6.45, 7) is 7.91. The van der Waals surface area contributed by atoms with Gasteiger partial charge in [0.05, 0.1) is 0 Å². The van der Waals surface area contributed by atoms with Crippen LogP contribution in [-0.4, -0.2) is 13.2 Å². The monoisotopic (exact) mass is 317 g/mol. The molecule has 94 valence electrons. The maximum atomic E-state index is 5.66. The second-order valence-corrected chi connectivity index (χ2v) is 5.12. The summed E-state index contributed by atoms with van der Waals surface area (Å²) in [7, 11) is 0. The molecule has 0 heterocycles. The number of ether oxygens (including phenoxy) is 1. The van der Waals surface area contributed by atoms with E-state index in [0.717, 1.165) is 29.7 Å². The van der Waals surface area contributed by atoms with E-state index in [1.165, 1.54) is 5.56 Å². The van der Waals surface area contributed by atoms with Gasteiger partial charge in [0.1, 0.15) is 12.4 Å². The van der Waals surface area contributed by atoms with Crippen molar-refractivity contribution in [1.29, 1.82) is 0 Å². The van der Waals surface area contributed by atoms with Crippen LogP contribution in [0.25, 0.3) is 0 Å². The minimum absolute atomic E-state index is 0.338. The Hall–Kier alpha value is -0.510. The first kappa shape index (κ1) is 14.6. The number of rotatable bonds is 7. The van der Waals surface area contributed by atoms with E-state index >= 15 is 0 Å². The summed E-state index contributed by atoms with van der Waals surface area (Å²) in [5.74, 6) is 0.809. The van der Waals surface area contributed by atoms with Gasteiger partial charge in [-0.2, -0.15) is 0 Å². The van der Waals surface area contributed by atoms with Gasteiger partial charge in [0.15, 0.2) is 0 Å². The van der Waals surface area contributed by atoms with E-state index in [1.54, 1.807) is 0 Å². The predicted octanol–water partition coefficient (Wildman–Crippen LogP) is 4.08. The maximum absolute atomic E-state index is 5.66. The standard InChI is InChI=1S/C13H17BrClNO/c1-3-6-16-8-11-7-12(4-5-13(11)14)17-9-10(2)15/h4-5,7,16H,2-3,6,8-9H2,1H3. The van der Waals surface area contributed by atoms with Crippen LogP contribution in [0.3, 0.4) is 0 Å². The van der Waals surface area contributed by atoms with Gasteiger partial charge < -0.3 is 10.1 Å². The average Bonchev–Trinajstić information content (AvgIpc) is 2.30. The van der Waals surface area contributed by atoms with E-state index in [9.17, 15) is 0 Å². The van der Waals surface area contributed by atoms with Crippen molar-refractivity contribution < 1.29 is 4.74 Å². The molecule has 2 nitrogen and oxygen atoms in total. The first-order valence-electron chi connectivity index (χ1n) is 5.58. The largest absolute Gasteiger partial charge is 0.488 e. The van der Waals surface area contributed by atoms with Crippen LogP contribution in [0.4, 0.5) is 0 Å². The summed E-state index contributed by atoms with van der Waals surface area (Å²) in [4.78, 5) is 0. The summed E-state index contributed by atoms with van der Waals surface area (Å²) in [5.41, 5.74) is 1.18. The minimum Gasteiger partial charge on any atom is -0.488 e. The molecule has 0 atom stereocenters. The van der Waals surface area contributed by atoms with Crippen LogP contribution in [0, 0.1) is 0 Å². The second-order valence-electron chi connectivity index (χ2n) is 3.74. The van der Waals surface area contributed by atoms with E-state index in [-0.39, 0.29) is 0 Å². The third-order valence-electron chi connectivity index (χ3n) is 2.15. The van der Waals surface area contributed by atoms with Crippen LogP contribution >= 0.6 is 27.5 Å². The molecule has 1 rings (SSSR count). The topological polar surface area (TPSA) is 21.3 Å². The third kappa shape index (κ3) is 5.57. The van der Waals surface area contributed by atoms with Crippen molar-refractivity contribution in [2.24, 2.45) is 0 Å². The van der Waals surface area contributed by atoms with Gasteiger partial charge in [0.2, 0.25) is 0 Å². The van der Waals surface area contributed by atoms with Gasteiger partial charge in [-0.15, -0.1) is 0 Å². The Labute approximate surface area is 116 Å². The highest BCUT2D eigenvalue weighted by Gasteiger charge is 2.02. The number of nitrogens with one attached hydrogen (secondary N) is 1. The Morgan fingerprint density at radius 3 is 2.94 bits per heavy atom. The summed E-state index contributed by atoms with van der Waals surface area (Å²) >= 11 is 9.18. The van der Waals surface area contributed by atoms with Crippen LogP contribution in [0.15, 0.2) is 34.3 Å². The fourth-order valence-corrected chi connectivity index (χ4v) is 1.78. The smallest absolute Gasteiger partial charge is 0.123 e. The lowest BCUT2D eigenvalue weighted by Gasteiger charge is -2.10. The molecule has 0 fully saturated rings. The fraction of sp³-hybridized carbons (Fsp3) is 0.385. The van der Waals surface area contributed by atoms with E-state index < -0.39 is 0 Å². The predicted molar refractivity (Wildman–Crippen MR) is 76.6 cm³/mol. The lowest BCUT2D eigenvalue weighted by Crippen LogP contribution is -2.14. The molecule has 0 saturated heterocycles. The van der Waals surface area contributed by atoms with E-state index in [4.69, 9.17) is 16.3 Å². The van der Waals surface area contributed by atoms with E-state index in [1.807, 2.05) is 18.2 Å². The molecule has 0 bridgehead atoms. The Bertz CT molecular complexity index is 382. The van der Waals surface area contributed by atoms with Gasteiger partial charge in [0, 0.05) is 16.0 Å². The number of halogens is 2. The van der Waals surface area contributed by atoms with Crippen LogP contribution in [0.1, 0.15) is 18.9 Å². The van der Waals surface area contributed by atoms with Gasteiger partial charge in [-0.05, 0) is 36.7 Å². The molecule has 0 aliphatic rings. The van der Waals surface area contributed by atoms with Gasteiger partial charge in [-0.25, -0.2) is 0 Å². The SMILES string of the molecule is C=C(Cl)COc1ccc(Br)c(CNCCC)c1. The van der Waals surface area contributed by atoms with Crippen LogP contribution in [0.5, 0.6) is 5.75 Å². The average molecular weight is 319 g/mol. The highest BCUT2D eigenvalue weighted by atomic mass is 79.9. The molecule has 0 amide bonds. The molecular formula is C13H17BrClNO. The molecule has 0 unspecified atom stereocenters. The molecule has 0 radical (unpaired) electrons. The molecule has 17 heavy (non-hydrogen) atoms. The van der Waals surface area contributed by atoms with Crippen molar-refractivity contribution >= 4 is 27.5 Å². The summed E-state index contributed by atoms with van der Waals surface area (Å²) in [6.07, 6.45) is 1.12. The number of hydrogen-bond acceptors (Lipinski definition) is 2. The molecule has 4 heteroatoms. The zero-order valence-electron chi connectivity index (χ0n) is 9.93. The van der Waals surface area contributed by atoms with Crippen LogP contribution < -0.4 is 10.1 Å². The zero-order valence-corrected chi connectivity index (χ0v) is 12.3. The van der Waals surface area contributed by atoms with Crippen molar-refractivity contribution in [2.75, 3.05) is 13.2 Å². The van der Waals surface area contributed by atoms with Crippen molar-refractivity contribution in [2.45, 2.75) is 19.9 Å². The Kier molecular flexibility index (Phi) is 6.63. The molecule has 0 spiro atoms. The normalized spacial score (nSPS) is 10.3. The highest BCUT2D eigenvalue weighted by molar-refractivity contribution is 9.10. The van der Waals surface area contributed by atoms with Crippen LogP contribution in [-0.2, 0) is 6.54 Å². The molecule has 0 saturated carbocycles. The van der Waals surface area contributed by atoms with Gasteiger partial charge in [-0.3, -0.25) is 0 Å². The van der Waals surface area contributed by atoms with Crippen molar-refractivity contribution in [3.63, 3.8) is 0 Å². The maximum Gasteiger partial charge on any atom is 0.123 e. The van der Waals surface area contributed by atoms with E-state index in [0.29, 0.717) is 11.6 Å². The first-order valence-corrected chi connectivity index (χ1v) is 6.75. The fourth-order valence-electron chi connectivity index (χ4n) is 1.34. The summed E-state index contributed by atoms with van der Waals surface area (Å²) in [5, 5.41) is 3.85. The lowest BCUT2D eigenvalue weighted by molar-refractivity contribution is 0.359. The minimum atomic E-state index is 0.338. The Balaban J connectivity index is 2.62. The number of benzene rings is 1. The summed E-state index contributed by atoms with van der Waals surface area (Å²) < 4.78 is 6.57. The Morgan fingerprint density at radius 1 is 1.53 bits per heavy atom. The first-order chi connectivity index (χ1) is 8.13. The van der Waals surface area contributed by atoms with Crippen molar-refractivity contribution in [3.8, 4) is 5.75 Å². The molecule has 1 aromatic carbocycles. The molecule has 1 N–H and O–H groups in total. The molecule has 0 aromatic heterocycles. The zero-order chi connectivity index (χ0) is 12.7. The summed E-state index contributed by atoms with van der Waals surface area (Å²) in [6, 6.07) is 5.90. The van der Waals surface area contributed by atoms with Crippen LogP contribution in [0.2, 0.25) is 0 Å². The highest BCUT2D eigenvalue weighted by Crippen LogP contribution is 2.23. The van der Waals surface area contributed by atoms with Gasteiger partial charge in [0.25, 0.3) is 0 Å². The molecule has 0 aliphatic heterocycles. The number of hydrogen-bond donors (Lipinski definition) is 1. The lowest BCUT2D eigenvalue weighted by atomic mass is 10.2. The third-order valence-corrected chi connectivity index (χ3v) is 3.04. The second kappa shape index (κ2) is 7.75. The van der Waals surface area contributed by atoms with Gasteiger partial charge >= 0.3 is 0 Å². The van der Waals surface area contributed by atoms with Crippen molar-refractivity contribution in [3.05, 3.63) is 39.8 Å². The quantitative estimate of drug-likeness (QED) is 0.765.